The molecule has 2 aromatic heterocycles. The van der Waals surface area contributed by atoms with Gasteiger partial charge in [-0.05, 0) is 40.5 Å². The second-order valence-corrected chi connectivity index (χ2v) is 4.69. The highest BCUT2D eigenvalue weighted by Gasteiger charge is 2.12. The van der Waals surface area contributed by atoms with Crippen molar-refractivity contribution in [2.75, 3.05) is 5.32 Å². The van der Waals surface area contributed by atoms with Gasteiger partial charge in [-0.3, -0.25) is 4.79 Å². The molecule has 5 heteroatoms. The van der Waals surface area contributed by atoms with Gasteiger partial charge < -0.3 is 9.88 Å². The summed E-state index contributed by atoms with van der Waals surface area (Å²) < 4.78 is 2.64. The van der Waals surface area contributed by atoms with E-state index in [1.165, 1.54) is 0 Å². The first kappa shape index (κ1) is 11.9. The fourth-order valence-corrected chi connectivity index (χ4v) is 2.06. The Morgan fingerprint density at radius 1 is 1.53 bits per heavy atom. The Morgan fingerprint density at radius 3 is 2.88 bits per heavy atom. The van der Waals surface area contributed by atoms with Gasteiger partial charge in [0.05, 0.1) is 0 Å². The Kier molecular flexibility index (Phi) is 3.28. The van der Waals surface area contributed by atoms with Crippen molar-refractivity contribution in [3.63, 3.8) is 0 Å². The van der Waals surface area contributed by atoms with Gasteiger partial charge in [0.2, 0.25) is 0 Å². The third-order valence-electron chi connectivity index (χ3n) is 2.45. The Morgan fingerprint density at radius 2 is 2.29 bits per heavy atom. The van der Waals surface area contributed by atoms with Gasteiger partial charge in [0.1, 0.15) is 11.5 Å². The van der Waals surface area contributed by atoms with Crippen LogP contribution in [0.15, 0.2) is 35.1 Å². The zero-order valence-corrected chi connectivity index (χ0v) is 11.2. The molecule has 0 bridgehead atoms. The van der Waals surface area contributed by atoms with Crippen molar-refractivity contribution in [1.82, 2.24) is 9.55 Å². The van der Waals surface area contributed by atoms with E-state index >= 15 is 0 Å². The third kappa shape index (κ3) is 2.55. The van der Waals surface area contributed by atoms with Crippen LogP contribution in [0.25, 0.3) is 0 Å². The van der Waals surface area contributed by atoms with Gasteiger partial charge in [0.15, 0.2) is 0 Å². The van der Waals surface area contributed by atoms with Gasteiger partial charge in [-0.2, -0.15) is 0 Å². The number of carbonyl (C=O) groups is 1. The van der Waals surface area contributed by atoms with Crippen LogP contribution >= 0.6 is 15.9 Å². The smallest absolute Gasteiger partial charge is 0.273 e. The lowest BCUT2D eigenvalue weighted by Crippen LogP contribution is -2.16. The molecule has 0 aliphatic heterocycles. The van der Waals surface area contributed by atoms with E-state index in [9.17, 15) is 4.79 Å². The van der Waals surface area contributed by atoms with E-state index in [0.717, 1.165) is 10.0 Å². The first-order valence-electron chi connectivity index (χ1n) is 5.13. The van der Waals surface area contributed by atoms with Crippen LogP contribution in [0.1, 0.15) is 16.1 Å². The summed E-state index contributed by atoms with van der Waals surface area (Å²) in [5, 5.41) is 2.79. The normalized spacial score (nSPS) is 10.3. The lowest BCUT2D eigenvalue weighted by molar-refractivity contribution is 0.101. The summed E-state index contributed by atoms with van der Waals surface area (Å²) in [6.45, 7) is 1.91. The maximum absolute atomic E-state index is 12.0. The molecule has 0 aliphatic rings. The number of nitrogens with zero attached hydrogens (tertiary/aromatic N) is 2. The molecule has 0 atom stereocenters. The van der Waals surface area contributed by atoms with Crippen molar-refractivity contribution in [3.05, 3.63) is 46.3 Å². The number of halogens is 1. The number of anilines is 1. The minimum atomic E-state index is -0.167. The van der Waals surface area contributed by atoms with E-state index in [1.807, 2.05) is 32.3 Å². The van der Waals surface area contributed by atoms with Crippen LogP contribution in [0.3, 0.4) is 0 Å². The monoisotopic (exact) mass is 293 g/mol. The molecule has 0 unspecified atom stereocenters. The van der Waals surface area contributed by atoms with Crippen molar-refractivity contribution in [3.8, 4) is 0 Å². The first-order valence-corrected chi connectivity index (χ1v) is 5.92. The predicted molar refractivity (Wildman–Crippen MR) is 70.0 cm³/mol. The van der Waals surface area contributed by atoms with Crippen LogP contribution in [0.2, 0.25) is 0 Å². The number of amides is 1. The Hall–Kier alpha value is -1.62. The average Bonchev–Trinajstić information content (AvgIpc) is 2.61. The minimum absolute atomic E-state index is 0.167. The summed E-state index contributed by atoms with van der Waals surface area (Å²) >= 11 is 3.33. The van der Waals surface area contributed by atoms with E-state index in [-0.39, 0.29) is 5.91 Å². The van der Waals surface area contributed by atoms with Crippen molar-refractivity contribution in [1.29, 1.82) is 0 Å². The number of carbonyl (C=O) groups excluding carboxylic acids is 1. The van der Waals surface area contributed by atoms with Crippen LogP contribution in [0.5, 0.6) is 0 Å². The molecule has 2 rings (SSSR count). The molecular formula is C12H12BrN3O. The van der Waals surface area contributed by atoms with E-state index in [0.29, 0.717) is 11.5 Å². The van der Waals surface area contributed by atoms with Crippen LogP contribution in [0.4, 0.5) is 5.82 Å². The van der Waals surface area contributed by atoms with Crippen molar-refractivity contribution in [2.45, 2.75) is 6.92 Å². The standard InChI is InChI=1S/C12H12BrN3O/c1-8-4-3-5-14-11(8)15-12(17)10-6-9(13)7-16(10)2/h3-7H,1-2H3,(H,14,15,17). The van der Waals surface area contributed by atoms with E-state index < -0.39 is 0 Å². The van der Waals surface area contributed by atoms with E-state index in [2.05, 4.69) is 26.2 Å². The molecule has 2 heterocycles. The molecule has 0 fully saturated rings. The lowest BCUT2D eigenvalue weighted by atomic mass is 10.3. The van der Waals surface area contributed by atoms with Gasteiger partial charge >= 0.3 is 0 Å². The number of aryl methyl sites for hydroxylation is 2. The molecule has 0 radical (unpaired) electrons. The van der Waals surface area contributed by atoms with Crippen LogP contribution in [-0.4, -0.2) is 15.5 Å². The molecule has 0 aliphatic carbocycles. The number of hydrogen-bond donors (Lipinski definition) is 1. The first-order chi connectivity index (χ1) is 8.08. The predicted octanol–water partition coefficient (Wildman–Crippen LogP) is 2.74. The molecule has 0 saturated heterocycles. The lowest BCUT2D eigenvalue weighted by Gasteiger charge is -2.07. The number of rotatable bonds is 2. The average molecular weight is 294 g/mol. The van der Waals surface area contributed by atoms with Crippen molar-refractivity contribution >= 4 is 27.7 Å². The minimum Gasteiger partial charge on any atom is -0.345 e. The molecular weight excluding hydrogens is 282 g/mol. The fraction of sp³-hybridized carbons (Fsp3) is 0.167. The Labute approximate surface area is 108 Å². The summed E-state index contributed by atoms with van der Waals surface area (Å²) in [5.41, 5.74) is 1.52. The SMILES string of the molecule is Cc1cccnc1NC(=O)c1cc(Br)cn1C. The molecule has 0 aromatic carbocycles. The summed E-state index contributed by atoms with van der Waals surface area (Å²) in [6, 6.07) is 5.52. The van der Waals surface area contributed by atoms with Crippen LogP contribution in [-0.2, 0) is 7.05 Å². The molecule has 4 nitrogen and oxygen atoms in total. The quantitative estimate of drug-likeness (QED) is 0.925. The summed E-state index contributed by atoms with van der Waals surface area (Å²) in [7, 11) is 1.82. The highest BCUT2D eigenvalue weighted by Crippen LogP contribution is 2.16. The van der Waals surface area contributed by atoms with E-state index in [1.54, 1.807) is 16.8 Å². The number of aromatic nitrogens is 2. The zero-order chi connectivity index (χ0) is 12.4. The molecule has 1 N–H and O–H groups in total. The maximum atomic E-state index is 12.0. The van der Waals surface area contributed by atoms with Gasteiger partial charge in [-0.15, -0.1) is 0 Å². The van der Waals surface area contributed by atoms with Gasteiger partial charge in [-0.25, -0.2) is 4.98 Å². The third-order valence-corrected chi connectivity index (χ3v) is 2.88. The zero-order valence-electron chi connectivity index (χ0n) is 9.57. The van der Waals surface area contributed by atoms with Crippen LogP contribution in [0, 0.1) is 6.92 Å². The largest absolute Gasteiger partial charge is 0.345 e. The summed E-state index contributed by atoms with van der Waals surface area (Å²) in [6.07, 6.45) is 3.49. The topological polar surface area (TPSA) is 46.9 Å². The van der Waals surface area contributed by atoms with Crippen molar-refractivity contribution in [2.24, 2.45) is 7.05 Å². The molecule has 0 spiro atoms. The Balaban J connectivity index is 2.23. The fourth-order valence-electron chi connectivity index (χ4n) is 1.54. The number of hydrogen-bond acceptors (Lipinski definition) is 2. The van der Waals surface area contributed by atoms with E-state index in [4.69, 9.17) is 0 Å². The maximum Gasteiger partial charge on any atom is 0.273 e. The highest BCUT2D eigenvalue weighted by atomic mass is 79.9. The van der Waals surface area contributed by atoms with Gasteiger partial charge in [-0.1, -0.05) is 6.07 Å². The van der Waals surface area contributed by atoms with Gasteiger partial charge in [0.25, 0.3) is 5.91 Å². The molecule has 88 valence electrons. The highest BCUT2D eigenvalue weighted by molar-refractivity contribution is 9.10. The summed E-state index contributed by atoms with van der Waals surface area (Å²) in [5.74, 6) is 0.426. The second-order valence-electron chi connectivity index (χ2n) is 3.78. The molecule has 0 saturated carbocycles. The Bertz CT molecular complexity index is 563. The second kappa shape index (κ2) is 4.71. The van der Waals surface area contributed by atoms with Crippen LogP contribution < -0.4 is 5.32 Å². The van der Waals surface area contributed by atoms with Gasteiger partial charge in [0, 0.05) is 23.9 Å². The summed E-state index contributed by atoms with van der Waals surface area (Å²) in [4.78, 5) is 16.1. The van der Waals surface area contributed by atoms with Crippen molar-refractivity contribution < 1.29 is 4.79 Å². The molecule has 2 aromatic rings. The number of nitrogens with one attached hydrogen (secondary N) is 1. The molecule has 17 heavy (non-hydrogen) atoms. The molecule has 1 amide bonds. The number of pyridine rings is 1.